The third kappa shape index (κ3) is 4.05. The average Bonchev–Trinajstić information content (AvgIpc) is 2.77. The first-order valence-corrected chi connectivity index (χ1v) is 6.74. The lowest BCUT2D eigenvalue weighted by Crippen LogP contribution is -2.30. The molecule has 8 nitrogen and oxygen atoms in total. The van der Waals surface area contributed by atoms with E-state index in [1.165, 1.54) is 12.1 Å². The first-order chi connectivity index (χ1) is 10.5. The second-order valence-electron chi connectivity index (χ2n) is 4.85. The second kappa shape index (κ2) is 6.70. The van der Waals surface area contributed by atoms with Crippen LogP contribution in [0.4, 0.5) is 16.3 Å². The van der Waals surface area contributed by atoms with Gasteiger partial charge in [-0.3, -0.25) is 20.1 Å². The third-order valence-corrected chi connectivity index (χ3v) is 3.18. The molecule has 2 aromatic rings. The summed E-state index contributed by atoms with van der Waals surface area (Å²) in [5.74, 6) is 0.479. The molecule has 8 heteroatoms. The molecule has 0 bridgehead atoms. The maximum absolute atomic E-state index is 11.7. The van der Waals surface area contributed by atoms with Gasteiger partial charge in [0.25, 0.3) is 5.69 Å². The largest absolute Gasteiger partial charge is 0.337 e. The molecule has 2 amide bonds. The molecule has 0 saturated heterocycles. The quantitative estimate of drug-likeness (QED) is 0.651. The molecule has 1 heterocycles. The zero-order valence-electron chi connectivity index (χ0n) is 12.4. The van der Waals surface area contributed by atoms with Crippen molar-refractivity contribution in [1.29, 1.82) is 0 Å². The molecule has 1 aromatic carbocycles. The van der Waals surface area contributed by atoms with Gasteiger partial charge in [-0.1, -0.05) is 12.1 Å². The maximum atomic E-state index is 11.7. The number of aromatic nitrogens is 2. The van der Waals surface area contributed by atoms with Gasteiger partial charge in [0.1, 0.15) is 0 Å². The molecule has 1 aromatic heterocycles. The molecule has 0 fully saturated rings. The molecule has 2 N–H and O–H groups in total. The zero-order chi connectivity index (χ0) is 16.1. The van der Waals surface area contributed by atoms with Gasteiger partial charge < -0.3 is 5.32 Å². The van der Waals surface area contributed by atoms with Gasteiger partial charge in [-0.2, -0.15) is 5.10 Å². The number of anilines is 1. The number of hydrogen-bond donors (Lipinski definition) is 2. The van der Waals surface area contributed by atoms with Crippen LogP contribution >= 0.6 is 0 Å². The smallest absolute Gasteiger partial charge is 0.320 e. The molecule has 0 aliphatic heterocycles. The number of nitrogens with one attached hydrogen (secondary N) is 2. The number of nitro groups is 1. The lowest BCUT2D eigenvalue weighted by Gasteiger charge is -2.05. The highest BCUT2D eigenvalue weighted by atomic mass is 16.6. The Morgan fingerprint density at radius 3 is 2.82 bits per heavy atom. The summed E-state index contributed by atoms with van der Waals surface area (Å²) in [5, 5.41) is 20.1. The van der Waals surface area contributed by atoms with Crippen LogP contribution in [0.2, 0.25) is 0 Å². The van der Waals surface area contributed by atoms with Gasteiger partial charge in [0, 0.05) is 37.5 Å². The van der Waals surface area contributed by atoms with Crippen LogP contribution in [0, 0.1) is 17.0 Å². The fraction of sp³-hybridized carbons (Fsp3) is 0.286. The first kappa shape index (κ1) is 15.5. The number of nitrogens with zero attached hydrogens (tertiary/aromatic N) is 3. The fourth-order valence-electron chi connectivity index (χ4n) is 1.93. The number of aryl methyl sites for hydroxylation is 2. The van der Waals surface area contributed by atoms with Gasteiger partial charge in [-0.25, -0.2) is 4.79 Å². The van der Waals surface area contributed by atoms with Gasteiger partial charge in [-0.15, -0.1) is 0 Å². The van der Waals surface area contributed by atoms with Crippen LogP contribution < -0.4 is 10.6 Å². The van der Waals surface area contributed by atoms with Crippen LogP contribution in [0.5, 0.6) is 0 Å². The molecule has 0 atom stereocenters. The summed E-state index contributed by atoms with van der Waals surface area (Å²) in [7, 11) is 1.79. The van der Waals surface area contributed by atoms with Crippen molar-refractivity contribution in [2.75, 3.05) is 11.9 Å². The number of carbonyl (C=O) groups is 1. The molecule has 0 spiro atoms. The Balaban J connectivity index is 1.82. The lowest BCUT2D eigenvalue weighted by molar-refractivity contribution is -0.384. The summed E-state index contributed by atoms with van der Waals surface area (Å²) < 4.78 is 1.67. The topological polar surface area (TPSA) is 102 Å². The predicted octanol–water partition coefficient (Wildman–Crippen LogP) is 2.00. The minimum absolute atomic E-state index is 0.0471. The van der Waals surface area contributed by atoms with Gasteiger partial charge in [-0.05, 0) is 18.9 Å². The van der Waals surface area contributed by atoms with Gasteiger partial charge in [0.15, 0.2) is 5.82 Å². The maximum Gasteiger partial charge on any atom is 0.320 e. The minimum atomic E-state index is -0.437. The first-order valence-electron chi connectivity index (χ1n) is 6.74. The highest BCUT2D eigenvalue weighted by molar-refractivity contribution is 5.88. The van der Waals surface area contributed by atoms with E-state index in [2.05, 4.69) is 15.7 Å². The highest BCUT2D eigenvalue weighted by Crippen LogP contribution is 2.13. The molecule has 0 saturated carbocycles. The summed E-state index contributed by atoms with van der Waals surface area (Å²) in [6.07, 6.45) is 0.510. The van der Waals surface area contributed by atoms with Crippen molar-refractivity contribution in [3.05, 3.63) is 51.7 Å². The van der Waals surface area contributed by atoms with Crippen molar-refractivity contribution in [3.8, 4) is 0 Å². The molecule has 0 unspecified atom stereocenters. The number of hydrogen-bond acceptors (Lipinski definition) is 4. The van der Waals surface area contributed by atoms with Crippen LogP contribution in [-0.4, -0.2) is 27.3 Å². The van der Waals surface area contributed by atoms with Crippen LogP contribution in [0.1, 0.15) is 11.3 Å². The summed E-state index contributed by atoms with van der Waals surface area (Å²) in [5.41, 5.74) is 1.78. The van der Waals surface area contributed by atoms with Crippen molar-refractivity contribution in [3.63, 3.8) is 0 Å². The van der Waals surface area contributed by atoms with Crippen molar-refractivity contribution in [2.24, 2.45) is 7.05 Å². The number of carbonyl (C=O) groups excluding carboxylic acids is 1. The normalized spacial score (nSPS) is 10.3. The minimum Gasteiger partial charge on any atom is -0.337 e. The lowest BCUT2D eigenvalue weighted by atomic mass is 10.1. The molecule has 0 aliphatic carbocycles. The van der Waals surface area contributed by atoms with E-state index in [-0.39, 0.29) is 11.7 Å². The number of urea groups is 1. The number of benzene rings is 1. The number of amides is 2. The van der Waals surface area contributed by atoms with Gasteiger partial charge >= 0.3 is 6.03 Å². The Labute approximate surface area is 127 Å². The standard InChI is InChI=1S/C14H17N5O3/c1-10-8-13(17-18(10)2)16-14(20)15-7-6-11-4-3-5-12(9-11)19(21)22/h3-5,8-9H,6-7H2,1-2H3,(H2,15,16,17,20). The second-order valence-corrected chi connectivity index (χ2v) is 4.85. The number of non-ortho nitro benzene ring substituents is 1. The van der Waals surface area contributed by atoms with Gasteiger partial charge in [0.2, 0.25) is 0 Å². The summed E-state index contributed by atoms with van der Waals surface area (Å²) in [6, 6.07) is 7.76. The van der Waals surface area contributed by atoms with E-state index >= 15 is 0 Å². The number of nitro benzene ring substituents is 1. The molecule has 22 heavy (non-hydrogen) atoms. The molecule has 0 radical (unpaired) electrons. The van der Waals surface area contributed by atoms with Crippen LogP contribution in [0.15, 0.2) is 30.3 Å². The highest BCUT2D eigenvalue weighted by Gasteiger charge is 2.07. The van der Waals surface area contributed by atoms with E-state index < -0.39 is 4.92 Å². The summed E-state index contributed by atoms with van der Waals surface area (Å²) >= 11 is 0. The van der Waals surface area contributed by atoms with Crippen LogP contribution in [0.3, 0.4) is 0 Å². The molecular formula is C14H17N5O3. The summed E-state index contributed by atoms with van der Waals surface area (Å²) in [6.45, 7) is 2.26. The van der Waals surface area contributed by atoms with Crippen LogP contribution in [-0.2, 0) is 13.5 Å². The molecule has 0 aliphatic rings. The van der Waals surface area contributed by atoms with E-state index in [0.717, 1.165) is 11.3 Å². The Morgan fingerprint density at radius 2 is 2.18 bits per heavy atom. The van der Waals surface area contributed by atoms with E-state index in [9.17, 15) is 14.9 Å². The van der Waals surface area contributed by atoms with Crippen molar-refractivity contribution in [1.82, 2.24) is 15.1 Å². The number of rotatable bonds is 5. The van der Waals surface area contributed by atoms with Crippen molar-refractivity contribution >= 4 is 17.5 Å². The Kier molecular flexibility index (Phi) is 4.72. The molecule has 2 rings (SSSR count). The summed E-state index contributed by atoms with van der Waals surface area (Å²) in [4.78, 5) is 22.0. The van der Waals surface area contributed by atoms with Crippen LogP contribution in [0.25, 0.3) is 0 Å². The fourth-order valence-corrected chi connectivity index (χ4v) is 1.93. The molecular weight excluding hydrogens is 286 g/mol. The Morgan fingerprint density at radius 1 is 1.41 bits per heavy atom. The molecule has 116 valence electrons. The van der Waals surface area contributed by atoms with Gasteiger partial charge in [0.05, 0.1) is 4.92 Å². The third-order valence-electron chi connectivity index (χ3n) is 3.18. The van der Waals surface area contributed by atoms with Crippen molar-refractivity contribution in [2.45, 2.75) is 13.3 Å². The Bertz CT molecular complexity index is 676. The monoisotopic (exact) mass is 303 g/mol. The SMILES string of the molecule is Cc1cc(NC(=O)NCCc2cccc([N+](=O)[O-])c2)nn1C. The predicted molar refractivity (Wildman–Crippen MR) is 81.8 cm³/mol. The van der Waals surface area contributed by atoms with E-state index in [0.29, 0.717) is 18.8 Å². The van der Waals surface area contributed by atoms with E-state index in [4.69, 9.17) is 0 Å². The van der Waals surface area contributed by atoms with Crippen molar-refractivity contribution < 1.29 is 9.72 Å². The average molecular weight is 303 g/mol. The van der Waals surface area contributed by atoms with E-state index in [1.54, 1.807) is 29.9 Å². The zero-order valence-corrected chi connectivity index (χ0v) is 12.4. The Hall–Kier alpha value is -2.90. The van der Waals surface area contributed by atoms with E-state index in [1.807, 2.05) is 6.92 Å².